The fourth-order valence-corrected chi connectivity index (χ4v) is 2.98. The highest BCUT2D eigenvalue weighted by Crippen LogP contribution is 2.29. The number of nitrogens with two attached hydrogens (primary N) is 1. The highest BCUT2D eigenvalue weighted by atomic mass is 16.1. The number of nitrogens with one attached hydrogen (secondary N) is 1. The lowest BCUT2D eigenvalue weighted by Crippen LogP contribution is -2.02. The third kappa shape index (κ3) is 2.77. The van der Waals surface area contributed by atoms with E-state index in [-0.39, 0.29) is 5.78 Å². The third-order valence-corrected chi connectivity index (χ3v) is 4.18. The van der Waals surface area contributed by atoms with Crippen LogP contribution in [0.3, 0.4) is 0 Å². The standard InChI is InChI=1S/C20H17N5O/c1-25-11-16(18(26)13-6-3-2-4-7-13)17-19(22-12-23-20(17)25)24-15-9-5-8-14(21)10-15/h2-12H,21H2,1H3,(H,22,23,24). The number of carbonyl (C=O) groups excluding carboxylic acids is 1. The molecule has 4 rings (SSSR count). The lowest BCUT2D eigenvalue weighted by atomic mass is 10.0. The van der Waals surface area contributed by atoms with Crippen LogP contribution < -0.4 is 11.1 Å². The van der Waals surface area contributed by atoms with Crippen molar-refractivity contribution in [2.24, 2.45) is 7.05 Å². The van der Waals surface area contributed by atoms with Crippen molar-refractivity contribution in [2.45, 2.75) is 0 Å². The molecule has 26 heavy (non-hydrogen) atoms. The number of nitrogen functional groups attached to an aromatic ring is 1. The summed E-state index contributed by atoms with van der Waals surface area (Å²) >= 11 is 0. The van der Waals surface area contributed by atoms with Crippen molar-refractivity contribution in [1.29, 1.82) is 0 Å². The second-order valence-corrected chi connectivity index (χ2v) is 6.02. The molecular weight excluding hydrogens is 326 g/mol. The first-order valence-corrected chi connectivity index (χ1v) is 8.16. The molecule has 0 aliphatic carbocycles. The Morgan fingerprint density at radius 2 is 1.88 bits per heavy atom. The average Bonchev–Trinajstić information content (AvgIpc) is 3.00. The van der Waals surface area contributed by atoms with E-state index in [0.29, 0.717) is 33.7 Å². The van der Waals surface area contributed by atoms with Crippen LogP contribution in [0.2, 0.25) is 0 Å². The van der Waals surface area contributed by atoms with Crippen molar-refractivity contribution in [1.82, 2.24) is 14.5 Å². The Kier molecular flexibility index (Phi) is 3.85. The number of benzene rings is 2. The van der Waals surface area contributed by atoms with E-state index in [1.165, 1.54) is 6.33 Å². The van der Waals surface area contributed by atoms with E-state index in [1.807, 2.05) is 54.1 Å². The summed E-state index contributed by atoms with van der Waals surface area (Å²) in [5.74, 6) is 0.502. The first-order chi connectivity index (χ1) is 12.6. The summed E-state index contributed by atoms with van der Waals surface area (Å²) in [5.41, 5.74) is 9.16. The minimum Gasteiger partial charge on any atom is -0.399 e. The van der Waals surface area contributed by atoms with Crippen molar-refractivity contribution in [3.05, 3.63) is 78.2 Å². The summed E-state index contributed by atoms with van der Waals surface area (Å²) in [6, 6.07) is 16.6. The predicted molar refractivity (Wildman–Crippen MR) is 103 cm³/mol. The summed E-state index contributed by atoms with van der Waals surface area (Å²) in [6.45, 7) is 0. The van der Waals surface area contributed by atoms with Crippen LogP contribution in [0.1, 0.15) is 15.9 Å². The van der Waals surface area contributed by atoms with Crippen LogP contribution in [0.5, 0.6) is 0 Å². The molecule has 3 N–H and O–H groups in total. The Hall–Kier alpha value is -3.67. The Balaban J connectivity index is 1.86. The number of carbonyl (C=O) groups is 1. The van der Waals surface area contributed by atoms with Crippen molar-refractivity contribution in [2.75, 3.05) is 11.1 Å². The summed E-state index contributed by atoms with van der Waals surface area (Å²) in [5, 5.41) is 3.94. The molecule has 0 atom stereocenters. The van der Waals surface area contributed by atoms with E-state index in [2.05, 4.69) is 15.3 Å². The molecule has 0 saturated carbocycles. The van der Waals surface area contributed by atoms with Crippen LogP contribution in [-0.2, 0) is 7.05 Å². The zero-order chi connectivity index (χ0) is 18.1. The number of rotatable bonds is 4. The smallest absolute Gasteiger partial charge is 0.195 e. The van der Waals surface area contributed by atoms with E-state index >= 15 is 0 Å². The van der Waals surface area contributed by atoms with Gasteiger partial charge in [0, 0.05) is 30.2 Å². The predicted octanol–water partition coefficient (Wildman–Crippen LogP) is 3.53. The van der Waals surface area contributed by atoms with E-state index < -0.39 is 0 Å². The van der Waals surface area contributed by atoms with Gasteiger partial charge in [0.25, 0.3) is 0 Å². The topological polar surface area (TPSA) is 85.8 Å². The number of fused-ring (bicyclic) bond motifs is 1. The number of aromatic nitrogens is 3. The normalized spacial score (nSPS) is 10.8. The Morgan fingerprint density at radius 3 is 2.65 bits per heavy atom. The SMILES string of the molecule is Cn1cc(C(=O)c2ccccc2)c2c(Nc3cccc(N)c3)ncnc21. The average molecular weight is 343 g/mol. The maximum absolute atomic E-state index is 13.0. The van der Waals surface area contributed by atoms with Crippen LogP contribution in [0, 0.1) is 0 Å². The maximum atomic E-state index is 13.0. The maximum Gasteiger partial charge on any atom is 0.195 e. The van der Waals surface area contributed by atoms with Crippen LogP contribution in [0.15, 0.2) is 67.1 Å². The molecule has 128 valence electrons. The van der Waals surface area contributed by atoms with E-state index in [4.69, 9.17) is 5.73 Å². The van der Waals surface area contributed by atoms with Gasteiger partial charge < -0.3 is 15.6 Å². The molecule has 0 aliphatic rings. The van der Waals surface area contributed by atoms with Gasteiger partial charge in [-0.05, 0) is 18.2 Å². The number of hydrogen-bond donors (Lipinski definition) is 2. The van der Waals surface area contributed by atoms with Gasteiger partial charge in [-0.25, -0.2) is 9.97 Å². The van der Waals surface area contributed by atoms with Gasteiger partial charge in [-0.2, -0.15) is 0 Å². The largest absolute Gasteiger partial charge is 0.399 e. The second-order valence-electron chi connectivity index (χ2n) is 6.02. The van der Waals surface area contributed by atoms with Gasteiger partial charge in [0.15, 0.2) is 5.78 Å². The number of anilines is 3. The third-order valence-electron chi connectivity index (χ3n) is 4.18. The molecular formula is C20H17N5O. The van der Waals surface area contributed by atoms with Gasteiger partial charge in [-0.15, -0.1) is 0 Å². The molecule has 0 spiro atoms. The van der Waals surface area contributed by atoms with Crippen LogP contribution >= 0.6 is 0 Å². The van der Waals surface area contributed by atoms with Gasteiger partial charge in [-0.3, -0.25) is 4.79 Å². The monoisotopic (exact) mass is 343 g/mol. The molecule has 2 aromatic heterocycles. The first-order valence-electron chi connectivity index (χ1n) is 8.16. The molecule has 6 nitrogen and oxygen atoms in total. The fraction of sp³-hybridized carbons (Fsp3) is 0.0500. The van der Waals surface area contributed by atoms with Crippen LogP contribution in [0.4, 0.5) is 17.2 Å². The molecule has 4 aromatic rings. The summed E-state index contributed by atoms with van der Waals surface area (Å²) < 4.78 is 1.83. The molecule has 0 radical (unpaired) electrons. The summed E-state index contributed by atoms with van der Waals surface area (Å²) in [4.78, 5) is 21.7. The quantitative estimate of drug-likeness (QED) is 0.437. The van der Waals surface area contributed by atoms with Crippen molar-refractivity contribution < 1.29 is 4.79 Å². The Morgan fingerprint density at radius 1 is 1.08 bits per heavy atom. The molecule has 0 aliphatic heterocycles. The summed E-state index contributed by atoms with van der Waals surface area (Å²) in [7, 11) is 1.86. The number of nitrogens with zero attached hydrogens (tertiary/aromatic N) is 3. The molecule has 0 unspecified atom stereocenters. The van der Waals surface area contributed by atoms with Gasteiger partial charge in [-0.1, -0.05) is 36.4 Å². The highest BCUT2D eigenvalue weighted by molar-refractivity contribution is 6.18. The first kappa shape index (κ1) is 15.8. The molecule has 6 heteroatoms. The molecule has 2 aromatic carbocycles. The zero-order valence-corrected chi connectivity index (χ0v) is 14.2. The lowest BCUT2D eigenvalue weighted by molar-refractivity contribution is 0.104. The van der Waals surface area contributed by atoms with Crippen LogP contribution in [0.25, 0.3) is 11.0 Å². The number of ketones is 1. The molecule has 0 fully saturated rings. The van der Waals surface area contributed by atoms with E-state index in [1.54, 1.807) is 18.3 Å². The number of hydrogen-bond acceptors (Lipinski definition) is 5. The van der Waals surface area contributed by atoms with E-state index in [0.717, 1.165) is 5.69 Å². The van der Waals surface area contributed by atoms with Gasteiger partial charge >= 0.3 is 0 Å². The molecule has 2 heterocycles. The van der Waals surface area contributed by atoms with E-state index in [9.17, 15) is 4.79 Å². The summed E-state index contributed by atoms with van der Waals surface area (Å²) in [6.07, 6.45) is 3.27. The molecule has 0 bridgehead atoms. The lowest BCUT2D eigenvalue weighted by Gasteiger charge is -2.08. The highest BCUT2D eigenvalue weighted by Gasteiger charge is 2.20. The zero-order valence-electron chi connectivity index (χ0n) is 14.2. The van der Waals surface area contributed by atoms with Crippen LogP contribution in [-0.4, -0.2) is 20.3 Å². The van der Waals surface area contributed by atoms with Crippen molar-refractivity contribution in [3.8, 4) is 0 Å². The minimum atomic E-state index is -0.0679. The second kappa shape index (κ2) is 6.33. The van der Waals surface area contributed by atoms with Gasteiger partial charge in [0.1, 0.15) is 17.8 Å². The Bertz CT molecular complexity index is 1100. The molecule has 0 saturated heterocycles. The van der Waals surface area contributed by atoms with Gasteiger partial charge in [0.2, 0.25) is 0 Å². The Labute approximate surface area is 150 Å². The van der Waals surface area contributed by atoms with Crippen molar-refractivity contribution >= 4 is 34.0 Å². The minimum absolute atomic E-state index is 0.0679. The number of aryl methyl sites for hydroxylation is 1. The van der Waals surface area contributed by atoms with Crippen molar-refractivity contribution in [3.63, 3.8) is 0 Å². The molecule has 0 amide bonds. The van der Waals surface area contributed by atoms with Gasteiger partial charge in [0.05, 0.1) is 10.9 Å². The fourth-order valence-electron chi connectivity index (χ4n) is 2.98.